The fourth-order valence-electron chi connectivity index (χ4n) is 2.65. The first-order valence-electron chi connectivity index (χ1n) is 6.26. The molecule has 0 aromatic rings. The lowest BCUT2D eigenvalue weighted by molar-refractivity contribution is 0.0783. The Morgan fingerprint density at radius 3 is 2.67 bits per heavy atom. The van der Waals surface area contributed by atoms with Crippen LogP contribution in [0.25, 0.3) is 0 Å². The molecule has 15 heavy (non-hydrogen) atoms. The van der Waals surface area contributed by atoms with Crippen molar-refractivity contribution < 1.29 is 0 Å². The number of likely N-dealkylation sites (tertiary alicyclic amines) is 1. The van der Waals surface area contributed by atoms with Crippen molar-refractivity contribution in [1.29, 1.82) is 5.26 Å². The van der Waals surface area contributed by atoms with E-state index in [2.05, 4.69) is 31.7 Å². The maximum Gasteiger partial charge on any atom is 0.0621 e. The molecule has 0 bridgehead atoms. The topological polar surface area (TPSA) is 27.0 Å². The van der Waals surface area contributed by atoms with Gasteiger partial charge in [0.25, 0.3) is 0 Å². The number of rotatable bonds is 4. The summed E-state index contributed by atoms with van der Waals surface area (Å²) < 4.78 is 0. The standard InChI is InChI=1S/C13H24N2/c1-11-9-12(2)13(3)15(10-11)8-6-4-5-7-14/h11-13H,4-6,8-10H2,1-3H3. The highest BCUT2D eigenvalue weighted by molar-refractivity contribution is 4.82. The van der Waals surface area contributed by atoms with Gasteiger partial charge in [-0.25, -0.2) is 0 Å². The van der Waals surface area contributed by atoms with Gasteiger partial charge in [0.15, 0.2) is 0 Å². The van der Waals surface area contributed by atoms with Crippen LogP contribution in [0.4, 0.5) is 0 Å². The molecule has 0 amide bonds. The van der Waals surface area contributed by atoms with E-state index in [-0.39, 0.29) is 0 Å². The first-order chi connectivity index (χ1) is 7.15. The first-order valence-corrected chi connectivity index (χ1v) is 6.26. The summed E-state index contributed by atoms with van der Waals surface area (Å²) in [5, 5.41) is 8.48. The number of nitriles is 1. The van der Waals surface area contributed by atoms with E-state index in [1.54, 1.807) is 0 Å². The van der Waals surface area contributed by atoms with E-state index in [0.29, 0.717) is 6.42 Å². The minimum absolute atomic E-state index is 0.716. The molecule has 3 unspecified atom stereocenters. The fourth-order valence-corrected chi connectivity index (χ4v) is 2.65. The molecule has 1 heterocycles. The van der Waals surface area contributed by atoms with Gasteiger partial charge in [-0.2, -0.15) is 5.26 Å². The summed E-state index contributed by atoms with van der Waals surface area (Å²) in [6.45, 7) is 9.49. The molecular weight excluding hydrogens is 184 g/mol. The molecule has 1 saturated heterocycles. The Labute approximate surface area is 94.3 Å². The molecule has 0 aromatic carbocycles. The second-order valence-corrected chi connectivity index (χ2v) is 5.17. The lowest BCUT2D eigenvalue weighted by atomic mass is 9.86. The van der Waals surface area contributed by atoms with Crippen LogP contribution in [0.1, 0.15) is 46.5 Å². The largest absolute Gasteiger partial charge is 0.300 e. The van der Waals surface area contributed by atoms with E-state index in [1.165, 1.54) is 25.9 Å². The smallest absolute Gasteiger partial charge is 0.0621 e. The summed E-state index contributed by atoms with van der Waals surface area (Å²) in [5.41, 5.74) is 0. The lowest BCUT2D eigenvalue weighted by Gasteiger charge is -2.41. The van der Waals surface area contributed by atoms with Crippen LogP contribution in [0, 0.1) is 23.2 Å². The zero-order chi connectivity index (χ0) is 11.3. The number of unbranched alkanes of at least 4 members (excludes halogenated alkanes) is 2. The van der Waals surface area contributed by atoms with Crippen molar-refractivity contribution in [2.45, 2.75) is 52.5 Å². The second-order valence-electron chi connectivity index (χ2n) is 5.17. The lowest BCUT2D eigenvalue weighted by Crippen LogP contribution is -2.45. The van der Waals surface area contributed by atoms with Crippen molar-refractivity contribution in [2.24, 2.45) is 11.8 Å². The zero-order valence-electron chi connectivity index (χ0n) is 10.4. The maximum absolute atomic E-state index is 8.48. The minimum atomic E-state index is 0.716. The molecule has 86 valence electrons. The van der Waals surface area contributed by atoms with Crippen molar-refractivity contribution in [3.05, 3.63) is 0 Å². The van der Waals surface area contributed by atoms with Crippen LogP contribution in [-0.2, 0) is 0 Å². The van der Waals surface area contributed by atoms with Gasteiger partial charge in [0.2, 0.25) is 0 Å². The molecule has 0 saturated carbocycles. The molecule has 0 aromatic heterocycles. The van der Waals surface area contributed by atoms with Gasteiger partial charge in [-0.05, 0) is 44.6 Å². The Kier molecular flexibility index (Phi) is 5.11. The predicted molar refractivity (Wildman–Crippen MR) is 63.4 cm³/mol. The van der Waals surface area contributed by atoms with Gasteiger partial charge < -0.3 is 4.90 Å². The molecule has 3 atom stereocenters. The van der Waals surface area contributed by atoms with Gasteiger partial charge in [-0.3, -0.25) is 0 Å². The quantitative estimate of drug-likeness (QED) is 0.664. The Morgan fingerprint density at radius 2 is 2.00 bits per heavy atom. The summed E-state index contributed by atoms with van der Waals surface area (Å²) in [4.78, 5) is 2.61. The van der Waals surface area contributed by atoms with Crippen molar-refractivity contribution in [3.8, 4) is 6.07 Å². The maximum atomic E-state index is 8.48. The molecule has 1 fully saturated rings. The van der Waals surface area contributed by atoms with Crippen molar-refractivity contribution in [1.82, 2.24) is 4.90 Å². The Balaban J connectivity index is 2.29. The summed E-state index contributed by atoms with van der Waals surface area (Å²) >= 11 is 0. The van der Waals surface area contributed by atoms with E-state index in [1.807, 2.05) is 0 Å². The highest BCUT2D eigenvalue weighted by Crippen LogP contribution is 2.26. The Bertz CT molecular complexity index is 219. The molecule has 1 aliphatic heterocycles. The Hall–Kier alpha value is -0.550. The molecular formula is C13H24N2. The van der Waals surface area contributed by atoms with Crippen molar-refractivity contribution in [2.75, 3.05) is 13.1 Å². The fraction of sp³-hybridized carbons (Fsp3) is 0.923. The van der Waals surface area contributed by atoms with E-state index in [0.717, 1.165) is 24.3 Å². The zero-order valence-corrected chi connectivity index (χ0v) is 10.4. The SMILES string of the molecule is CC1CC(C)C(C)N(CCCCC#N)C1. The van der Waals surface area contributed by atoms with Crippen LogP contribution in [0.5, 0.6) is 0 Å². The van der Waals surface area contributed by atoms with Gasteiger partial charge in [0.1, 0.15) is 0 Å². The van der Waals surface area contributed by atoms with Gasteiger partial charge >= 0.3 is 0 Å². The predicted octanol–water partition coefficient (Wildman–Crippen LogP) is 3.05. The van der Waals surface area contributed by atoms with Crippen LogP contribution >= 0.6 is 0 Å². The van der Waals surface area contributed by atoms with Crippen LogP contribution in [0.15, 0.2) is 0 Å². The number of nitrogens with zero attached hydrogens (tertiary/aromatic N) is 2. The molecule has 0 N–H and O–H groups in total. The third-order valence-corrected chi connectivity index (χ3v) is 3.70. The summed E-state index contributed by atoms with van der Waals surface area (Å²) in [6, 6.07) is 2.94. The highest BCUT2D eigenvalue weighted by Gasteiger charge is 2.27. The molecule has 1 rings (SSSR count). The number of hydrogen-bond acceptors (Lipinski definition) is 2. The van der Waals surface area contributed by atoms with Gasteiger partial charge in [-0.15, -0.1) is 0 Å². The minimum Gasteiger partial charge on any atom is -0.300 e. The normalized spacial score (nSPS) is 32.5. The highest BCUT2D eigenvalue weighted by atomic mass is 15.2. The van der Waals surface area contributed by atoms with Crippen molar-refractivity contribution >= 4 is 0 Å². The molecule has 0 aliphatic carbocycles. The third-order valence-electron chi connectivity index (χ3n) is 3.70. The van der Waals surface area contributed by atoms with E-state index in [4.69, 9.17) is 5.26 Å². The first kappa shape index (κ1) is 12.5. The average Bonchev–Trinajstić information content (AvgIpc) is 2.19. The summed E-state index contributed by atoms with van der Waals surface area (Å²) in [5.74, 6) is 1.66. The van der Waals surface area contributed by atoms with Gasteiger partial charge in [0, 0.05) is 19.0 Å². The molecule has 0 radical (unpaired) electrons. The van der Waals surface area contributed by atoms with Gasteiger partial charge in [-0.1, -0.05) is 13.8 Å². The molecule has 0 spiro atoms. The Morgan fingerprint density at radius 1 is 1.27 bits per heavy atom. The summed E-state index contributed by atoms with van der Waals surface area (Å²) in [6.07, 6.45) is 4.32. The van der Waals surface area contributed by atoms with Crippen LogP contribution in [0.3, 0.4) is 0 Å². The van der Waals surface area contributed by atoms with Crippen LogP contribution < -0.4 is 0 Å². The number of hydrogen-bond donors (Lipinski definition) is 0. The molecule has 1 aliphatic rings. The van der Waals surface area contributed by atoms with Crippen LogP contribution in [0.2, 0.25) is 0 Å². The van der Waals surface area contributed by atoms with Gasteiger partial charge in [0.05, 0.1) is 6.07 Å². The monoisotopic (exact) mass is 208 g/mol. The third kappa shape index (κ3) is 3.83. The average molecular weight is 208 g/mol. The number of piperidine rings is 1. The van der Waals surface area contributed by atoms with Crippen molar-refractivity contribution in [3.63, 3.8) is 0 Å². The molecule has 2 heteroatoms. The van der Waals surface area contributed by atoms with E-state index < -0.39 is 0 Å². The second kappa shape index (κ2) is 6.12. The summed E-state index contributed by atoms with van der Waals surface area (Å²) in [7, 11) is 0. The van der Waals surface area contributed by atoms with E-state index in [9.17, 15) is 0 Å². The van der Waals surface area contributed by atoms with Crippen LogP contribution in [-0.4, -0.2) is 24.0 Å². The molecule has 2 nitrogen and oxygen atoms in total. The van der Waals surface area contributed by atoms with E-state index >= 15 is 0 Å².